The largest absolute Gasteiger partial charge is 0.340 e. The van der Waals surface area contributed by atoms with Gasteiger partial charge in [0.2, 0.25) is 0 Å². The summed E-state index contributed by atoms with van der Waals surface area (Å²) in [6.45, 7) is 14.2. The summed E-state index contributed by atoms with van der Waals surface area (Å²) in [4.78, 5) is 17.6. The van der Waals surface area contributed by atoms with Crippen molar-refractivity contribution in [3.63, 3.8) is 0 Å². The molecule has 0 unspecified atom stereocenters. The zero-order valence-electron chi connectivity index (χ0n) is 22.7. The van der Waals surface area contributed by atoms with Crippen LogP contribution in [-0.4, -0.2) is 43.2 Å². The fraction of sp³-hybridized carbons (Fsp3) is 0.250. The van der Waals surface area contributed by atoms with Gasteiger partial charge in [0.25, 0.3) is 0 Å². The van der Waals surface area contributed by atoms with Gasteiger partial charge in [-0.25, -0.2) is 9.97 Å². The number of aryl methyl sites for hydroxylation is 1. The molecule has 0 spiro atoms. The predicted molar refractivity (Wildman–Crippen MR) is 160 cm³/mol. The standard InChI is InChI=1S/C32H35N7/c1-5-8-26(25-13-17-34-18-14-25)29-21(4)35-32(37-29)31-30-28(38-39-31)10-9-27(36-30)24(7-3)20-22(6-2)19-23-11-15-33-16-12-23/h5-10,13-14,17-18,20,23,33H,1-2,11-12,15-16,19H2,3-4H3,(H,35,37)(H,38,39)/b22-20+,24-7+,26-8-. The van der Waals surface area contributed by atoms with Crippen molar-refractivity contribution in [1.82, 2.24) is 35.5 Å². The van der Waals surface area contributed by atoms with Crippen molar-refractivity contribution in [2.45, 2.75) is 33.1 Å². The summed E-state index contributed by atoms with van der Waals surface area (Å²) in [6, 6.07) is 8.00. The van der Waals surface area contributed by atoms with E-state index in [-0.39, 0.29) is 0 Å². The third-order valence-corrected chi connectivity index (χ3v) is 7.24. The van der Waals surface area contributed by atoms with Crippen LogP contribution in [0.1, 0.15) is 48.8 Å². The van der Waals surface area contributed by atoms with E-state index in [9.17, 15) is 0 Å². The van der Waals surface area contributed by atoms with Gasteiger partial charge in [-0.15, -0.1) is 0 Å². The molecule has 0 amide bonds. The Morgan fingerprint density at radius 3 is 2.59 bits per heavy atom. The zero-order valence-corrected chi connectivity index (χ0v) is 22.7. The molecule has 0 aromatic carbocycles. The molecule has 0 aliphatic carbocycles. The predicted octanol–water partition coefficient (Wildman–Crippen LogP) is 6.57. The van der Waals surface area contributed by atoms with Gasteiger partial charge in [0.1, 0.15) is 5.52 Å². The molecule has 0 atom stereocenters. The molecule has 7 nitrogen and oxygen atoms in total. The van der Waals surface area contributed by atoms with Crippen molar-refractivity contribution in [2.24, 2.45) is 5.92 Å². The van der Waals surface area contributed by atoms with Crippen LogP contribution >= 0.6 is 0 Å². The second kappa shape index (κ2) is 12.0. The van der Waals surface area contributed by atoms with E-state index in [0.29, 0.717) is 17.4 Å². The number of aromatic nitrogens is 6. The Hall–Kier alpha value is -4.36. The van der Waals surface area contributed by atoms with Crippen molar-refractivity contribution >= 4 is 22.2 Å². The third-order valence-electron chi connectivity index (χ3n) is 7.24. The van der Waals surface area contributed by atoms with Crippen LogP contribution in [0, 0.1) is 12.8 Å². The first-order chi connectivity index (χ1) is 19.1. The van der Waals surface area contributed by atoms with E-state index in [1.807, 2.05) is 50.3 Å². The van der Waals surface area contributed by atoms with Crippen LogP contribution in [0.2, 0.25) is 0 Å². The van der Waals surface area contributed by atoms with Gasteiger partial charge < -0.3 is 10.3 Å². The highest BCUT2D eigenvalue weighted by atomic mass is 15.2. The number of piperidine rings is 1. The number of hydrogen-bond donors (Lipinski definition) is 3. The van der Waals surface area contributed by atoms with Crippen LogP contribution < -0.4 is 5.32 Å². The quantitative estimate of drug-likeness (QED) is 0.218. The van der Waals surface area contributed by atoms with Gasteiger partial charge in [-0.3, -0.25) is 10.1 Å². The van der Waals surface area contributed by atoms with Crippen LogP contribution in [0.3, 0.4) is 0 Å². The molecule has 4 aromatic heterocycles. The SMILES string of the molecule is C=C/C=C(/c1ccncc1)c1nc(-c2n[nH]c3ccc(C(/C=C(\C=C)CC4CCNCC4)=C/C)nc23)[nH]c1C. The van der Waals surface area contributed by atoms with E-state index < -0.39 is 0 Å². The lowest BCUT2D eigenvalue weighted by Crippen LogP contribution is -2.27. The minimum atomic E-state index is 0.665. The van der Waals surface area contributed by atoms with Crippen LogP contribution in [0.25, 0.3) is 33.7 Å². The zero-order chi connectivity index (χ0) is 27.2. The first-order valence-corrected chi connectivity index (χ1v) is 13.5. The Bertz CT molecular complexity index is 1560. The van der Waals surface area contributed by atoms with Crippen LogP contribution in [-0.2, 0) is 0 Å². The molecule has 198 valence electrons. The number of pyridine rings is 2. The third kappa shape index (κ3) is 5.73. The molecule has 1 saturated heterocycles. The Morgan fingerprint density at radius 2 is 1.87 bits per heavy atom. The Kier molecular flexibility index (Phi) is 8.08. The van der Waals surface area contributed by atoms with Gasteiger partial charge in [-0.2, -0.15) is 5.10 Å². The number of H-pyrrole nitrogens is 2. The number of fused-ring (bicyclic) bond motifs is 1. The summed E-state index contributed by atoms with van der Waals surface area (Å²) < 4.78 is 0. The minimum absolute atomic E-state index is 0.665. The van der Waals surface area contributed by atoms with Gasteiger partial charge in [0.05, 0.1) is 16.9 Å². The van der Waals surface area contributed by atoms with Crippen molar-refractivity contribution < 1.29 is 0 Å². The van der Waals surface area contributed by atoms with Gasteiger partial charge in [-0.1, -0.05) is 37.5 Å². The number of nitrogens with one attached hydrogen (secondary N) is 3. The molecular formula is C32H35N7. The van der Waals surface area contributed by atoms with E-state index in [2.05, 4.69) is 50.8 Å². The van der Waals surface area contributed by atoms with Crippen molar-refractivity contribution in [3.8, 4) is 11.5 Å². The fourth-order valence-electron chi connectivity index (χ4n) is 5.15. The van der Waals surface area contributed by atoms with Crippen LogP contribution in [0.4, 0.5) is 0 Å². The number of nitrogens with zero attached hydrogens (tertiary/aromatic N) is 4. The molecular weight excluding hydrogens is 482 g/mol. The number of hydrogen-bond acceptors (Lipinski definition) is 5. The molecule has 1 aliphatic heterocycles. The number of allylic oxidation sites excluding steroid dienone is 7. The summed E-state index contributed by atoms with van der Waals surface area (Å²) in [5.41, 5.74) is 9.29. The first kappa shape index (κ1) is 26.3. The second-order valence-electron chi connectivity index (χ2n) is 9.84. The normalized spacial score (nSPS) is 15.6. The fourth-order valence-corrected chi connectivity index (χ4v) is 5.15. The highest BCUT2D eigenvalue weighted by Crippen LogP contribution is 2.31. The summed E-state index contributed by atoms with van der Waals surface area (Å²) in [5, 5.41) is 11.2. The van der Waals surface area contributed by atoms with Gasteiger partial charge in [0.15, 0.2) is 11.5 Å². The molecule has 5 rings (SSSR count). The summed E-state index contributed by atoms with van der Waals surface area (Å²) in [7, 11) is 0. The lowest BCUT2D eigenvalue weighted by molar-refractivity contribution is 0.374. The first-order valence-electron chi connectivity index (χ1n) is 13.5. The van der Waals surface area contributed by atoms with E-state index in [0.717, 1.165) is 64.3 Å². The van der Waals surface area contributed by atoms with Gasteiger partial charge in [0, 0.05) is 23.7 Å². The maximum Gasteiger partial charge on any atom is 0.161 e. The van der Waals surface area contributed by atoms with E-state index in [1.54, 1.807) is 18.5 Å². The highest BCUT2D eigenvalue weighted by molar-refractivity contribution is 5.90. The molecule has 5 heterocycles. The number of rotatable bonds is 9. The molecule has 1 fully saturated rings. The lowest BCUT2D eigenvalue weighted by Gasteiger charge is -2.23. The van der Waals surface area contributed by atoms with Gasteiger partial charge in [-0.05, 0) is 99.2 Å². The van der Waals surface area contributed by atoms with Crippen LogP contribution in [0.5, 0.6) is 0 Å². The molecule has 7 heteroatoms. The summed E-state index contributed by atoms with van der Waals surface area (Å²) >= 11 is 0. The average molecular weight is 518 g/mol. The number of aromatic amines is 2. The van der Waals surface area contributed by atoms with Crippen LogP contribution in [0.15, 0.2) is 85.8 Å². The molecule has 4 aromatic rings. The molecule has 1 aliphatic rings. The summed E-state index contributed by atoms with van der Waals surface area (Å²) in [5.74, 6) is 1.35. The topological polar surface area (TPSA) is 95.2 Å². The van der Waals surface area contributed by atoms with Crippen molar-refractivity contribution in [1.29, 1.82) is 0 Å². The minimum Gasteiger partial charge on any atom is -0.340 e. The second-order valence-corrected chi connectivity index (χ2v) is 9.84. The highest BCUT2D eigenvalue weighted by Gasteiger charge is 2.19. The molecule has 3 N–H and O–H groups in total. The van der Waals surface area contributed by atoms with E-state index in [4.69, 9.17) is 9.97 Å². The van der Waals surface area contributed by atoms with E-state index in [1.165, 1.54) is 18.4 Å². The van der Waals surface area contributed by atoms with Gasteiger partial charge >= 0.3 is 0 Å². The Labute approximate surface area is 229 Å². The maximum atomic E-state index is 5.05. The number of imidazole rings is 1. The molecule has 0 saturated carbocycles. The summed E-state index contributed by atoms with van der Waals surface area (Å²) in [6.07, 6.45) is 17.0. The molecule has 39 heavy (non-hydrogen) atoms. The Morgan fingerprint density at radius 1 is 1.08 bits per heavy atom. The van der Waals surface area contributed by atoms with E-state index >= 15 is 0 Å². The average Bonchev–Trinajstić information content (AvgIpc) is 3.57. The molecule has 0 radical (unpaired) electrons. The molecule has 0 bridgehead atoms. The smallest absolute Gasteiger partial charge is 0.161 e. The van der Waals surface area contributed by atoms with Crippen molar-refractivity contribution in [3.05, 3.63) is 108 Å². The lowest BCUT2D eigenvalue weighted by atomic mass is 9.90. The van der Waals surface area contributed by atoms with Crippen molar-refractivity contribution in [2.75, 3.05) is 13.1 Å². The Balaban J connectivity index is 1.49. The maximum absolute atomic E-state index is 5.05. The monoisotopic (exact) mass is 517 g/mol.